The average Bonchev–Trinajstić information content (AvgIpc) is 3.21. The van der Waals surface area contributed by atoms with Crippen LogP contribution in [0.15, 0.2) is 59.3 Å². The highest BCUT2D eigenvalue weighted by atomic mass is 35.5. The van der Waals surface area contributed by atoms with Crippen molar-refractivity contribution < 1.29 is 9.26 Å². The fourth-order valence-corrected chi connectivity index (χ4v) is 3.38. The third-order valence-corrected chi connectivity index (χ3v) is 5.00. The molecule has 2 N–H and O–H groups in total. The second-order valence-corrected chi connectivity index (χ2v) is 7.11. The Bertz CT molecular complexity index is 1180. The highest BCUT2D eigenvalue weighted by Gasteiger charge is 2.15. The van der Waals surface area contributed by atoms with Gasteiger partial charge in [0.2, 0.25) is 5.82 Å². The molecule has 4 aromatic rings. The number of hydrogen-bond donors (Lipinski definition) is 1. The van der Waals surface area contributed by atoms with Gasteiger partial charge in [-0.2, -0.15) is 4.98 Å². The second kappa shape index (κ2) is 8.21. The number of ether oxygens (including phenoxy) is 1. The van der Waals surface area contributed by atoms with Crippen molar-refractivity contribution in [3.05, 3.63) is 70.3 Å². The van der Waals surface area contributed by atoms with E-state index in [0.29, 0.717) is 33.9 Å². The van der Waals surface area contributed by atoms with Crippen LogP contribution in [0, 0.1) is 0 Å². The first-order valence-corrected chi connectivity index (χ1v) is 9.44. The van der Waals surface area contributed by atoms with Crippen LogP contribution in [0.4, 0.5) is 5.82 Å². The summed E-state index contributed by atoms with van der Waals surface area (Å²) in [7, 11) is 1.64. The van der Waals surface area contributed by atoms with E-state index in [0.717, 1.165) is 22.3 Å². The molecule has 29 heavy (non-hydrogen) atoms. The van der Waals surface area contributed by atoms with Gasteiger partial charge in [0.05, 0.1) is 11.6 Å². The topological polar surface area (TPSA) is 87.1 Å². The largest absolute Gasteiger partial charge is 0.382 e. The lowest BCUT2D eigenvalue weighted by Gasteiger charge is -2.11. The van der Waals surface area contributed by atoms with Crippen LogP contribution >= 0.6 is 23.2 Å². The molecular weight excluding hydrogens is 411 g/mol. The Morgan fingerprint density at radius 1 is 1.00 bits per heavy atom. The fraction of sp³-hybridized carbons (Fsp3) is 0.0952. The van der Waals surface area contributed by atoms with Crippen molar-refractivity contribution in [3.63, 3.8) is 0 Å². The maximum atomic E-state index is 6.38. The number of methoxy groups -OCH3 is 1. The third-order valence-electron chi connectivity index (χ3n) is 4.37. The molecule has 0 saturated carbocycles. The molecule has 6 nitrogen and oxygen atoms in total. The summed E-state index contributed by atoms with van der Waals surface area (Å²) in [6, 6.07) is 15.1. The molecule has 2 aromatic heterocycles. The van der Waals surface area contributed by atoms with E-state index in [1.54, 1.807) is 19.4 Å². The van der Waals surface area contributed by atoms with Gasteiger partial charge in [0.1, 0.15) is 5.82 Å². The molecule has 0 saturated heterocycles. The number of aromatic nitrogens is 3. The molecule has 0 atom stereocenters. The molecule has 0 spiro atoms. The lowest BCUT2D eigenvalue weighted by atomic mass is 9.97. The van der Waals surface area contributed by atoms with Gasteiger partial charge in [-0.3, -0.25) is 0 Å². The lowest BCUT2D eigenvalue weighted by molar-refractivity contribution is 0.185. The summed E-state index contributed by atoms with van der Waals surface area (Å²) in [4.78, 5) is 8.48. The smallest absolute Gasteiger partial charge is 0.258 e. The molecule has 146 valence electrons. The van der Waals surface area contributed by atoms with Crippen LogP contribution in [0.2, 0.25) is 10.0 Å². The molecule has 0 fully saturated rings. The number of nitrogen functional groups attached to an aromatic ring is 1. The highest BCUT2D eigenvalue weighted by Crippen LogP contribution is 2.34. The molecule has 0 radical (unpaired) electrons. The monoisotopic (exact) mass is 426 g/mol. The number of halogens is 2. The molecule has 0 aliphatic heterocycles. The summed E-state index contributed by atoms with van der Waals surface area (Å²) in [5.41, 5.74) is 9.90. The van der Waals surface area contributed by atoms with Gasteiger partial charge in [0.15, 0.2) is 0 Å². The SMILES string of the molecule is COCc1cc(-c2nc(-c3cnc(N)c(Cl)c3)no2)ccc1-c1ccccc1Cl. The number of rotatable bonds is 5. The Labute approximate surface area is 177 Å². The summed E-state index contributed by atoms with van der Waals surface area (Å²) < 4.78 is 10.8. The van der Waals surface area contributed by atoms with Crippen molar-refractivity contribution >= 4 is 29.0 Å². The summed E-state index contributed by atoms with van der Waals surface area (Å²) in [6.45, 7) is 0.410. The number of pyridine rings is 1. The molecule has 4 rings (SSSR count). The standard InChI is InChI=1S/C21H16Cl2N4O2/c1-28-11-14-8-12(6-7-15(14)16-4-2-3-5-17(16)22)21-26-20(27-29-21)13-9-18(23)19(24)25-10-13/h2-10H,11H2,1H3,(H2,24,25). The van der Waals surface area contributed by atoms with Crippen LogP contribution in [0.5, 0.6) is 0 Å². The Balaban J connectivity index is 1.73. The van der Waals surface area contributed by atoms with E-state index >= 15 is 0 Å². The summed E-state index contributed by atoms with van der Waals surface area (Å²) in [5, 5.41) is 5.03. The second-order valence-electron chi connectivity index (χ2n) is 6.30. The van der Waals surface area contributed by atoms with Crippen molar-refractivity contribution in [1.82, 2.24) is 15.1 Å². The Morgan fingerprint density at radius 3 is 2.59 bits per heavy atom. The van der Waals surface area contributed by atoms with E-state index < -0.39 is 0 Å². The zero-order valence-corrected chi connectivity index (χ0v) is 16.9. The summed E-state index contributed by atoms with van der Waals surface area (Å²) in [5.74, 6) is 0.993. The predicted molar refractivity (Wildman–Crippen MR) is 114 cm³/mol. The Kier molecular flexibility index (Phi) is 5.49. The van der Waals surface area contributed by atoms with Gasteiger partial charge in [-0.25, -0.2) is 4.98 Å². The summed E-state index contributed by atoms with van der Waals surface area (Å²) >= 11 is 12.4. The van der Waals surface area contributed by atoms with Crippen molar-refractivity contribution in [2.24, 2.45) is 0 Å². The fourth-order valence-electron chi connectivity index (χ4n) is 2.97. The molecule has 0 aliphatic carbocycles. The van der Waals surface area contributed by atoms with Gasteiger partial charge in [-0.05, 0) is 35.4 Å². The van der Waals surface area contributed by atoms with E-state index in [1.165, 1.54) is 0 Å². The first-order valence-electron chi connectivity index (χ1n) is 8.69. The van der Waals surface area contributed by atoms with E-state index in [-0.39, 0.29) is 5.82 Å². The molecular formula is C21H16Cl2N4O2. The number of nitrogens with two attached hydrogens (primary N) is 1. The van der Waals surface area contributed by atoms with Gasteiger partial charge in [0, 0.05) is 35.0 Å². The van der Waals surface area contributed by atoms with Crippen LogP contribution in [-0.2, 0) is 11.3 Å². The molecule has 8 heteroatoms. The van der Waals surface area contributed by atoms with Gasteiger partial charge in [-0.1, -0.05) is 52.6 Å². The Hall–Kier alpha value is -2.93. The minimum atomic E-state index is 0.249. The zero-order valence-electron chi connectivity index (χ0n) is 15.4. The third kappa shape index (κ3) is 3.96. The minimum absolute atomic E-state index is 0.249. The van der Waals surface area contributed by atoms with Gasteiger partial charge in [-0.15, -0.1) is 0 Å². The molecule has 2 aromatic carbocycles. The van der Waals surface area contributed by atoms with E-state index in [2.05, 4.69) is 15.1 Å². The minimum Gasteiger partial charge on any atom is -0.382 e. The lowest BCUT2D eigenvalue weighted by Crippen LogP contribution is -1.94. The number of anilines is 1. The normalized spacial score (nSPS) is 11.0. The number of benzene rings is 2. The van der Waals surface area contributed by atoms with Gasteiger partial charge in [0.25, 0.3) is 5.89 Å². The van der Waals surface area contributed by atoms with Gasteiger partial charge >= 0.3 is 0 Å². The van der Waals surface area contributed by atoms with Crippen LogP contribution in [0.3, 0.4) is 0 Å². The van der Waals surface area contributed by atoms with Crippen molar-refractivity contribution in [1.29, 1.82) is 0 Å². The van der Waals surface area contributed by atoms with Crippen LogP contribution < -0.4 is 5.73 Å². The number of nitrogens with zero attached hydrogens (tertiary/aromatic N) is 3. The first-order chi connectivity index (χ1) is 14.1. The summed E-state index contributed by atoms with van der Waals surface area (Å²) in [6.07, 6.45) is 1.55. The van der Waals surface area contributed by atoms with Gasteiger partial charge < -0.3 is 15.0 Å². The maximum Gasteiger partial charge on any atom is 0.258 e. The predicted octanol–water partition coefficient (Wildman–Crippen LogP) is 5.50. The number of hydrogen-bond acceptors (Lipinski definition) is 6. The van der Waals surface area contributed by atoms with E-state index in [4.69, 9.17) is 38.2 Å². The van der Waals surface area contributed by atoms with Crippen LogP contribution in [0.25, 0.3) is 34.0 Å². The quantitative estimate of drug-likeness (QED) is 0.453. The maximum absolute atomic E-state index is 6.38. The average molecular weight is 427 g/mol. The van der Waals surface area contributed by atoms with Crippen LogP contribution in [0.1, 0.15) is 5.56 Å². The highest BCUT2D eigenvalue weighted by molar-refractivity contribution is 6.33. The van der Waals surface area contributed by atoms with Crippen LogP contribution in [-0.4, -0.2) is 22.2 Å². The van der Waals surface area contributed by atoms with Crippen molar-refractivity contribution in [2.75, 3.05) is 12.8 Å². The zero-order chi connectivity index (χ0) is 20.4. The van der Waals surface area contributed by atoms with E-state index in [9.17, 15) is 0 Å². The Morgan fingerprint density at radius 2 is 1.83 bits per heavy atom. The molecule has 0 aliphatic rings. The molecule has 2 heterocycles. The van der Waals surface area contributed by atoms with Crippen molar-refractivity contribution in [2.45, 2.75) is 6.61 Å². The molecule has 0 bridgehead atoms. The molecule has 0 amide bonds. The van der Waals surface area contributed by atoms with Crippen molar-refractivity contribution in [3.8, 4) is 34.0 Å². The van der Waals surface area contributed by atoms with E-state index in [1.807, 2.05) is 42.5 Å². The molecule has 0 unspecified atom stereocenters. The first kappa shape index (κ1) is 19.4.